The van der Waals surface area contributed by atoms with Gasteiger partial charge in [-0.05, 0) is 36.8 Å². The van der Waals surface area contributed by atoms with Gasteiger partial charge in [0.1, 0.15) is 17.3 Å². The van der Waals surface area contributed by atoms with Gasteiger partial charge in [0.2, 0.25) is 0 Å². The molecule has 44 heavy (non-hydrogen) atoms. The zero-order chi connectivity index (χ0) is 30.0. The third-order valence-electron chi connectivity index (χ3n) is 7.71. The van der Waals surface area contributed by atoms with Gasteiger partial charge in [-0.15, -0.1) is 0 Å². The molecule has 7 rings (SSSR count). The molecule has 0 bridgehead atoms. The summed E-state index contributed by atoms with van der Waals surface area (Å²) >= 11 is 0. The summed E-state index contributed by atoms with van der Waals surface area (Å²) in [6, 6.07) is 38.0. The molecule has 9 heteroatoms. The predicted molar refractivity (Wildman–Crippen MR) is 170 cm³/mol. The van der Waals surface area contributed by atoms with E-state index in [1.165, 1.54) is 0 Å². The van der Waals surface area contributed by atoms with E-state index in [-0.39, 0.29) is 17.9 Å². The van der Waals surface area contributed by atoms with Gasteiger partial charge in [-0.2, -0.15) is 15.3 Å². The Morgan fingerprint density at radius 1 is 0.818 bits per heavy atom. The van der Waals surface area contributed by atoms with E-state index >= 15 is 0 Å². The quantitative estimate of drug-likeness (QED) is 0.231. The van der Waals surface area contributed by atoms with Gasteiger partial charge in [0.25, 0.3) is 5.56 Å². The summed E-state index contributed by atoms with van der Waals surface area (Å²) in [6.07, 6.45) is 0. The van der Waals surface area contributed by atoms with Crippen molar-refractivity contribution >= 4 is 28.3 Å². The molecule has 0 radical (unpaired) electrons. The minimum Gasteiger partial charge on any atom is -0.461 e. The third kappa shape index (κ3) is 4.64. The Hall–Kier alpha value is -5.83. The molecule has 9 nitrogen and oxygen atoms in total. The van der Waals surface area contributed by atoms with E-state index in [4.69, 9.17) is 14.9 Å². The molecular formula is C35H28N6O3. The number of rotatable bonds is 7. The van der Waals surface area contributed by atoms with E-state index in [1.54, 1.807) is 16.6 Å². The second-order valence-electron chi connectivity index (χ2n) is 10.3. The van der Waals surface area contributed by atoms with E-state index < -0.39 is 17.9 Å². The lowest BCUT2D eigenvalue weighted by molar-refractivity contribution is -0.135. The first-order valence-electron chi connectivity index (χ1n) is 14.4. The number of aromatic nitrogens is 4. The predicted octanol–water partition coefficient (Wildman–Crippen LogP) is 6.04. The number of para-hydroxylation sites is 2. The Labute approximate surface area is 253 Å². The Morgan fingerprint density at radius 2 is 1.41 bits per heavy atom. The van der Waals surface area contributed by atoms with Crippen molar-refractivity contribution in [2.45, 2.75) is 18.9 Å². The number of nitrogens with one attached hydrogen (secondary N) is 1. The lowest BCUT2D eigenvalue weighted by Gasteiger charge is -2.27. The number of ether oxygens (including phenoxy) is 1. The van der Waals surface area contributed by atoms with Crippen LogP contribution in [0.4, 0.5) is 5.69 Å². The molecule has 0 saturated carbocycles. The zero-order valence-electron chi connectivity index (χ0n) is 23.9. The Morgan fingerprint density at radius 3 is 2.05 bits per heavy atom. The van der Waals surface area contributed by atoms with Crippen LogP contribution in [0.25, 0.3) is 27.8 Å². The maximum absolute atomic E-state index is 13.7. The molecule has 4 aromatic carbocycles. The van der Waals surface area contributed by atoms with Gasteiger partial charge in [-0.1, -0.05) is 97.1 Å². The third-order valence-corrected chi connectivity index (χ3v) is 7.71. The Kier molecular flexibility index (Phi) is 7.03. The van der Waals surface area contributed by atoms with Crippen LogP contribution in [0.5, 0.6) is 0 Å². The summed E-state index contributed by atoms with van der Waals surface area (Å²) in [5, 5.41) is 19.5. The number of aromatic amines is 1. The maximum atomic E-state index is 13.7. The number of carbonyl (C=O) groups excluding carboxylic acids is 1. The molecule has 1 aliphatic heterocycles. The summed E-state index contributed by atoms with van der Waals surface area (Å²) < 4.78 is 7.28. The van der Waals surface area contributed by atoms with Crippen LogP contribution in [0.15, 0.2) is 131 Å². The number of hydrazone groups is 1. The first-order valence-corrected chi connectivity index (χ1v) is 14.4. The highest BCUT2D eigenvalue weighted by molar-refractivity contribution is 6.39. The molecule has 6 aromatic rings. The number of H-pyrrole nitrogens is 1. The molecule has 1 aliphatic rings. The fourth-order valence-electron chi connectivity index (χ4n) is 5.83. The highest BCUT2D eigenvalue weighted by Gasteiger charge is 2.46. The number of carbonyl (C=O) groups is 1. The zero-order valence-corrected chi connectivity index (χ0v) is 23.9. The summed E-state index contributed by atoms with van der Waals surface area (Å²) in [6.45, 7) is 1.98. The largest absolute Gasteiger partial charge is 0.461 e. The molecule has 3 heterocycles. The lowest BCUT2D eigenvalue weighted by Crippen LogP contribution is -2.29. The normalized spacial score (nSPS) is 16.2. The highest BCUT2D eigenvalue weighted by atomic mass is 16.5. The highest BCUT2D eigenvalue weighted by Crippen LogP contribution is 2.46. The molecule has 2 aromatic heterocycles. The van der Waals surface area contributed by atoms with Crippen molar-refractivity contribution in [1.82, 2.24) is 20.0 Å². The van der Waals surface area contributed by atoms with E-state index in [1.807, 2.05) is 121 Å². The van der Waals surface area contributed by atoms with Crippen molar-refractivity contribution in [3.63, 3.8) is 0 Å². The van der Waals surface area contributed by atoms with Gasteiger partial charge in [-0.3, -0.25) is 9.80 Å². The minimum absolute atomic E-state index is 0.207. The number of hydrogen-bond acceptors (Lipinski definition) is 7. The van der Waals surface area contributed by atoms with Crippen molar-refractivity contribution in [2.24, 2.45) is 5.10 Å². The maximum Gasteiger partial charge on any atom is 0.355 e. The summed E-state index contributed by atoms with van der Waals surface area (Å²) in [4.78, 5) is 27.1. The molecule has 0 fully saturated rings. The molecule has 2 unspecified atom stereocenters. The number of esters is 1. The van der Waals surface area contributed by atoms with Gasteiger partial charge in [0.05, 0.1) is 35.0 Å². The molecule has 0 saturated heterocycles. The Balaban J connectivity index is 1.54. The number of benzene rings is 4. The van der Waals surface area contributed by atoms with Crippen molar-refractivity contribution in [2.75, 3.05) is 11.6 Å². The molecule has 0 amide bonds. The van der Waals surface area contributed by atoms with E-state index in [2.05, 4.69) is 10.2 Å². The summed E-state index contributed by atoms with van der Waals surface area (Å²) in [5.74, 6) is -1.08. The summed E-state index contributed by atoms with van der Waals surface area (Å²) in [5.41, 5.74) is 4.66. The summed E-state index contributed by atoms with van der Waals surface area (Å²) in [7, 11) is 0. The van der Waals surface area contributed by atoms with Crippen molar-refractivity contribution in [1.29, 1.82) is 0 Å². The fraction of sp³-hybridized carbons (Fsp3) is 0.114. The molecule has 216 valence electrons. The van der Waals surface area contributed by atoms with Crippen LogP contribution < -0.4 is 10.6 Å². The fourth-order valence-corrected chi connectivity index (χ4v) is 5.83. The van der Waals surface area contributed by atoms with Crippen LogP contribution in [-0.4, -0.2) is 38.3 Å². The minimum atomic E-state index is -0.638. The average molecular weight is 581 g/mol. The number of anilines is 1. The van der Waals surface area contributed by atoms with E-state index in [0.717, 1.165) is 22.5 Å². The second kappa shape index (κ2) is 11.4. The number of fused-ring (bicyclic) bond motifs is 1. The van der Waals surface area contributed by atoms with Crippen LogP contribution >= 0.6 is 0 Å². The van der Waals surface area contributed by atoms with Crippen LogP contribution in [-0.2, 0) is 9.53 Å². The van der Waals surface area contributed by atoms with Gasteiger partial charge >= 0.3 is 5.97 Å². The molecule has 0 spiro atoms. The first-order chi connectivity index (χ1) is 21.7. The van der Waals surface area contributed by atoms with Gasteiger partial charge < -0.3 is 4.74 Å². The van der Waals surface area contributed by atoms with Gasteiger partial charge in [0.15, 0.2) is 5.71 Å². The lowest BCUT2D eigenvalue weighted by atomic mass is 9.85. The van der Waals surface area contributed by atoms with Crippen molar-refractivity contribution < 1.29 is 9.53 Å². The van der Waals surface area contributed by atoms with Crippen LogP contribution in [0.1, 0.15) is 30.1 Å². The Bertz CT molecular complexity index is 2020. The monoisotopic (exact) mass is 580 g/mol. The van der Waals surface area contributed by atoms with Crippen LogP contribution in [0.2, 0.25) is 0 Å². The second-order valence-corrected chi connectivity index (χ2v) is 10.3. The average Bonchev–Trinajstić information content (AvgIpc) is 3.68. The van der Waals surface area contributed by atoms with Crippen LogP contribution in [0.3, 0.4) is 0 Å². The smallest absolute Gasteiger partial charge is 0.355 e. The standard InChI is InChI=1S/C35H28N6O3/c1-2-44-35(43)30-27(23-15-7-3-8-16-23)33(41(39-30)26-21-13-6-14-22-26)31-29-28(34(42)37-36-31)32(24-17-9-4-10-18-24)40(38-29)25-19-11-5-12-20-25/h3-22,27,33H,2H2,1H3,(H,37,42). The molecule has 1 N–H and O–H groups in total. The van der Waals surface area contributed by atoms with Gasteiger partial charge in [0, 0.05) is 5.56 Å². The van der Waals surface area contributed by atoms with E-state index in [9.17, 15) is 9.59 Å². The molecular weight excluding hydrogens is 552 g/mol. The van der Waals surface area contributed by atoms with Gasteiger partial charge in [-0.25, -0.2) is 14.6 Å². The SMILES string of the molecule is CCOC(=O)C1=NN(c2ccccc2)C(c2n[nH]c(=O)c3c(-c4ccccc4)n(-c4ccccc4)nc23)C1c1ccccc1. The van der Waals surface area contributed by atoms with E-state index in [0.29, 0.717) is 22.3 Å². The van der Waals surface area contributed by atoms with Crippen LogP contribution in [0, 0.1) is 0 Å². The first kappa shape index (κ1) is 27.0. The molecule has 2 atom stereocenters. The molecule has 0 aliphatic carbocycles. The van der Waals surface area contributed by atoms with Crippen molar-refractivity contribution in [3.8, 4) is 16.9 Å². The topological polar surface area (TPSA) is 105 Å². The van der Waals surface area contributed by atoms with Crippen molar-refractivity contribution in [3.05, 3.63) is 143 Å². The number of hydrogen-bond donors (Lipinski definition) is 1. The number of nitrogens with zero attached hydrogens (tertiary/aromatic N) is 5.